The highest BCUT2D eigenvalue weighted by Gasteiger charge is 2.27. The van der Waals surface area contributed by atoms with E-state index in [1.165, 1.54) is 12.1 Å². The minimum atomic E-state index is -1.42. The molecule has 218 valence electrons. The number of carbonyl (C=O) groups is 1. The van der Waals surface area contributed by atoms with Crippen molar-refractivity contribution in [2.45, 2.75) is 58.2 Å². The van der Waals surface area contributed by atoms with Crippen LogP contribution < -0.4 is 4.74 Å². The fourth-order valence-electron chi connectivity index (χ4n) is 4.80. The molecule has 0 heterocycles. The molecule has 1 N–H and O–H groups in total. The first kappa shape index (κ1) is 30.2. The molecule has 0 radical (unpaired) electrons. The number of rotatable bonds is 9. The minimum Gasteiger partial charge on any atom is -0.491 e. The van der Waals surface area contributed by atoms with Crippen LogP contribution in [0.4, 0.5) is 26.3 Å². The molecule has 3 aromatic rings. The Morgan fingerprint density at radius 1 is 0.854 bits per heavy atom. The van der Waals surface area contributed by atoms with Gasteiger partial charge in [-0.2, -0.15) is 4.39 Å². The van der Waals surface area contributed by atoms with Crippen LogP contribution in [0, 0.1) is 34.9 Å². The second kappa shape index (κ2) is 12.8. The lowest BCUT2D eigenvalue weighted by atomic mass is 9.90. The van der Waals surface area contributed by atoms with Gasteiger partial charge in [0.2, 0.25) is 5.82 Å². The van der Waals surface area contributed by atoms with Crippen molar-refractivity contribution in [2.24, 2.45) is 0 Å². The molecule has 0 saturated heterocycles. The van der Waals surface area contributed by atoms with Gasteiger partial charge in [0.25, 0.3) is 0 Å². The minimum absolute atomic E-state index is 0.0859. The maximum absolute atomic E-state index is 15.1. The zero-order chi connectivity index (χ0) is 29.8. The van der Waals surface area contributed by atoms with Crippen molar-refractivity contribution >= 4 is 11.5 Å². The van der Waals surface area contributed by atoms with Crippen molar-refractivity contribution in [1.82, 2.24) is 0 Å². The largest absolute Gasteiger partial charge is 0.491 e. The summed E-state index contributed by atoms with van der Waals surface area (Å²) in [5, 5.41) is 9.98. The van der Waals surface area contributed by atoms with Crippen LogP contribution in [0.2, 0.25) is 0 Å². The number of aliphatic hydroxyl groups is 1. The zero-order valence-corrected chi connectivity index (χ0v) is 22.4. The van der Waals surface area contributed by atoms with E-state index in [0.717, 1.165) is 30.3 Å². The molecule has 3 aromatic carbocycles. The third-order valence-electron chi connectivity index (χ3n) is 6.95. The van der Waals surface area contributed by atoms with Crippen LogP contribution >= 0.6 is 0 Å². The van der Waals surface area contributed by atoms with Crippen LogP contribution in [-0.2, 0) is 4.74 Å². The molecule has 0 spiro atoms. The second-order valence-corrected chi connectivity index (χ2v) is 9.63. The van der Waals surface area contributed by atoms with Gasteiger partial charge in [0, 0.05) is 28.7 Å². The van der Waals surface area contributed by atoms with Gasteiger partial charge in [-0.3, -0.25) is 0 Å². The molecular formula is C31H28F6O4. The lowest BCUT2D eigenvalue weighted by Crippen LogP contribution is -2.21. The van der Waals surface area contributed by atoms with Crippen molar-refractivity contribution < 1.29 is 45.7 Å². The van der Waals surface area contributed by atoms with Gasteiger partial charge in [-0.15, -0.1) is 0 Å². The van der Waals surface area contributed by atoms with E-state index in [0.29, 0.717) is 12.0 Å². The molecule has 4 rings (SSSR count). The number of esters is 1. The number of hydrogen-bond donors (Lipinski definition) is 1. The summed E-state index contributed by atoms with van der Waals surface area (Å²) >= 11 is 0. The molecule has 0 fully saturated rings. The first-order chi connectivity index (χ1) is 19.6. The van der Waals surface area contributed by atoms with E-state index in [4.69, 9.17) is 9.47 Å². The van der Waals surface area contributed by atoms with Crippen LogP contribution in [-0.4, -0.2) is 23.8 Å². The summed E-state index contributed by atoms with van der Waals surface area (Å²) in [5.74, 6) is -9.46. The Balaban J connectivity index is 1.48. The predicted octanol–water partition coefficient (Wildman–Crippen LogP) is 8.21. The zero-order valence-electron chi connectivity index (χ0n) is 22.4. The summed E-state index contributed by atoms with van der Waals surface area (Å²) < 4.78 is 98.3. The maximum Gasteiger partial charge on any atom is 0.341 e. The fourth-order valence-corrected chi connectivity index (χ4v) is 4.80. The number of aliphatic hydroxyl groups excluding tert-OH is 1. The van der Waals surface area contributed by atoms with E-state index in [2.05, 4.69) is 0 Å². The average molecular weight is 579 g/mol. The van der Waals surface area contributed by atoms with E-state index >= 15 is 8.78 Å². The molecule has 0 amide bonds. The van der Waals surface area contributed by atoms with Gasteiger partial charge in [-0.1, -0.05) is 37.6 Å². The fraction of sp³-hybridized carbons (Fsp3) is 0.323. The SMILES string of the molecule is CCCC(O)c1ccc(C(=O)OC2CC=C(c3ccc(-c4ccc(OCC)c(F)c4F)c(F)c3F)CC2)c(F)c1F. The average Bonchev–Trinajstić information content (AvgIpc) is 2.95. The van der Waals surface area contributed by atoms with Gasteiger partial charge in [0.05, 0.1) is 18.3 Å². The predicted molar refractivity (Wildman–Crippen MR) is 140 cm³/mol. The molecule has 2 atom stereocenters. The van der Waals surface area contributed by atoms with Gasteiger partial charge in [-0.25, -0.2) is 26.7 Å². The van der Waals surface area contributed by atoms with Crippen LogP contribution in [0.3, 0.4) is 0 Å². The van der Waals surface area contributed by atoms with Crippen LogP contribution in [0.1, 0.15) is 73.5 Å². The quantitative estimate of drug-likeness (QED) is 0.205. The number of halogens is 6. The Morgan fingerprint density at radius 3 is 2.12 bits per heavy atom. The van der Waals surface area contributed by atoms with Crippen LogP contribution in [0.5, 0.6) is 5.75 Å². The summed E-state index contributed by atoms with van der Waals surface area (Å²) in [7, 11) is 0. The van der Waals surface area contributed by atoms with E-state index in [1.807, 2.05) is 0 Å². The molecule has 0 saturated carbocycles. The smallest absolute Gasteiger partial charge is 0.341 e. The Hall–Kier alpha value is -3.79. The molecule has 1 aliphatic carbocycles. The van der Waals surface area contributed by atoms with E-state index in [1.54, 1.807) is 13.8 Å². The number of allylic oxidation sites excluding steroid dienone is 1. The summed E-state index contributed by atoms with van der Waals surface area (Å²) in [4.78, 5) is 12.5. The normalized spacial score (nSPS) is 15.8. The Labute approximate surface area is 233 Å². The molecule has 41 heavy (non-hydrogen) atoms. The molecule has 2 unspecified atom stereocenters. The second-order valence-electron chi connectivity index (χ2n) is 9.63. The van der Waals surface area contributed by atoms with E-state index in [-0.39, 0.29) is 49.2 Å². The molecule has 0 aromatic heterocycles. The van der Waals surface area contributed by atoms with Crippen molar-refractivity contribution in [1.29, 1.82) is 0 Å². The molecule has 10 heteroatoms. The number of benzene rings is 3. The van der Waals surface area contributed by atoms with Gasteiger partial charge < -0.3 is 14.6 Å². The number of ether oxygens (including phenoxy) is 2. The summed E-state index contributed by atoms with van der Waals surface area (Å²) in [6, 6.07) is 6.84. The van der Waals surface area contributed by atoms with Crippen LogP contribution in [0.15, 0.2) is 42.5 Å². The highest BCUT2D eigenvalue weighted by atomic mass is 19.2. The monoisotopic (exact) mass is 578 g/mol. The molecular weight excluding hydrogens is 550 g/mol. The first-order valence-corrected chi connectivity index (χ1v) is 13.2. The Morgan fingerprint density at radius 2 is 1.49 bits per heavy atom. The maximum atomic E-state index is 15.1. The highest BCUT2D eigenvalue weighted by molar-refractivity contribution is 5.90. The summed E-state index contributed by atoms with van der Waals surface area (Å²) in [6.07, 6.45) is 0.827. The van der Waals surface area contributed by atoms with E-state index < -0.39 is 69.8 Å². The van der Waals surface area contributed by atoms with Crippen molar-refractivity contribution in [3.63, 3.8) is 0 Å². The molecule has 0 aliphatic heterocycles. The van der Waals surface area contributed by atoms with Crippen molar-refractivity contribution in [3.05, 3.63) is 94.1 Å². The number of carbonyl (C=O) groups excluding carboxylic acids is 1. The highest BCUT2D eigenvalue weighted by Crippen LogP contribution is 2.37. The lowest BCUT2D eigenvalue weighted by molar-refractivity contribution is 0.0278. The summed E-state index contributed by atoms with van der Waals surface area (Å²) in [5.41, 5.74) is -1.47. The first-order valence-electron chi connectivity index (χ1n) is 13.2. The topological polar surface area (TPSA) is 55.8 Å². The third-order valence-corrected chi connectivity index (χ3v) is 6.95. The summed E-state index contributed by atoms with van der Waals surface area (Å²) in [6.45, 7) is 3.46. The van der Waals surface area contributed by atoms with Gasteiger partial charge >= 0.3 is 5.97 Å². The molecule has 0 bridgehead atoms. The van der Waals surface area contributed by atoms with Gasteiger partial charge in [0.1, 0.15) is 6.10 Å². The number of hydrogen-bond acceptors (Lipinski definition) is 4. The third kappa shape index (κ3) is 6.12. The van der Waals surface area contributed by atoms with E-state index in [9.17, 15) is 27.5 Å². The standard InChI is InChI=1S/C31H28F6O4/c1-3-5-23(38)21-12-13-22(29(36)28(21)35)31(39)41-17-8-6-16(7-9-17)18-10-11-19(26(33)25(18)32)20-14-15-24(40-4-2)30(37)27(20)34/h6,10-15,17,23,38H,3-5,7-9H2,1-2H3. The van der Waals surface area contributed by atoms with Crippen molar-refractivity contribution in [2.75, 3.05) is 6.61 Å². The van der Waals surface area contributed by atoms with Gasteiger partial charge in [-0.05, 0) is 50.0 Å². The van der Waals surface area contributed by atoms with Crippen LogP contribution in [0.25, 0.3) is 16.7 Å². The molecule has 4 nitrogen and oxygen atoms in total. The Bertz CT molecular complexity index is 1490. The molecule has 1 aliphatic rings. The van der Waals surface area contributed by atoms with Gasteiger partial charge in [0.15, 0.2) is 34.8 Å². The lowest BCUT2D eigenvalue weighted by Gasteiger charge is -2.23. The van der Waals surface area contributed by atoms with Crippen molar-refractivity contribution in [3.8, 4) is 16.9 Å². The Kier molecular flexibility index (Phi) is 9.42.